The van der Waals surface area contributed by atoms with Gasteiger partial charge in [0.2, 0.25) is 0 Å². The number of unbranched alkanes of at least 4 members (excludes halogenated alkanes) is 3. The molecule has 3 heteroatoms. The molecule has 0 spiro atoms. The number of hydrogen-bond acceptors (Lipinski definition) is 2. The number of ether oxygens (including phenoxy) is 1. The van der Waals surface area contributed by atoms with Crippen molar-refractivity contribution in [3.8, 4) is 0 Å². The molecule has 0 aromatic rings. The van der Waals surface area contributed by atoms with Crippen molar-refractivity contribution in [3.63, 3.8) is 0 Å². The van der Waals surface area contributed by atoms with Gasteiger partial charge in [-0.25, -0.2) is 0 Å². The molecule has 1 heterocycles. The average Bonchev–Trinajstić information content (AvgIpc) is 3.12. The molecule has 0 aromatic heterocycles. The number of hydrogen-bond donors (Lipinski definition) is 0. The van der Waals surface area contributed by atoms with Gasteiger partial charge in [-0.3, -0.25) is 0 Å². The quantitative estimate of drug-likeness (QED) is 0.384. The van der Waals surface area contributed by atoms with Crippen LogP contribution in [-0.4, -0.2) is 28.3 Å². The normalized spacial score (nSPS) is 31.3. The molecule has 0 N–H and O–H groups in total. The van der Waals surface area contributed by atoms with Crippen molar-refractivity contribution >= 4 is 10.5 Å². The molecular formula is C15H30O2Si. The van der Waals surface area contributed by atoms with E-state index < -0.39 is 0 Å². The fourth-order valence-electron chi connectivity index (χ4n) is 3.19. The summed E-state index contributed by atoms with van der Waals surface area (Å²) in [5, 5.41) is 0. The van der Waals surface area contributed by atoms with Crippen LogP contribution in [0.1, 0.15) is 71.6 Å². The van der Waals surface area contributed by atoms with Crippen molar-refractivity contribution < 1.29 is 9.16 Å². The summed E-state index contributed by atoms with van der Waals surface area (Å²) >= 11 is 0. The first-order valence-electron chi connectivity index (χ1n) is 7.81. The zero-order valence-corrected chi connectivity index (χ0v) is 14.4. The third-order valence-electron chi connectivity index (χ3n) is 4.81. The highest BCUT2D eigenvalue weighted by molar-refractivity contribution is 5.98. The van der Waals surface area contributed by atoms with Crippen LogP contribution in [0.25, 0.3) is 0 Å². The molecule has 2 rings (SSSR count). The van der Waals surface area contributed by atoms with Gasteiger partial charge in [-0.2, -0.15) is 0 Å². The van der Waals surface area contributed by atoms with Gasteiger partial charge in [0, 0.05) is 5.60 Å². The summed E-state index contributed by atoms with van der Waals surface area (Å²) in [7, 11) is 0.862. The summed E-state index contributed by atoms with van der Waals surface area (Å²) in [6, 6.07) is 0. The molecule has 18 heavy (non-hydrogen) atoms. The van der Waals surface area contributed by atoms with Gasteiger partial charge < -0.3 is 9.16 Å². The highest BCUT2D eigenvalue weighted by Gasteiger charge is 2.43. The van der Waals surface area contributed by atoms with Crippen LogP contribution in [0, 0.1) is 5.92 Å². The van der Waals surface area contributed by atoms with Crippen LogP contribution in [0.15, 0.2) is 0 Å². The van der Waals surface area contributed by atoms with Crippen molar-refractivity contribution in [1.82, 2.24) is 0 Å². The fraction of sp³-hybridized carbons (Fsp3) is 1.00. The van der Waals surface area contributed by atoms with Gasteiger partial charge in [-0.1, -0.05) is 32.1 Å². The van der Waals surface area contributed by atoms with Crippen molar-refractivity contribution in [3.05, 3.63) is 0 Å². The predicted octanol–water partition coefficient (Wildman–Crippen LogP) is 2.97. The molecule has 1 aliphatic carbocycles. The first-order valence-corrected chi connectivity index (χ1v) is 8.63. The van der Waals surface area contributed by atoms with Crippen molar-refractivity contribution in [1.29, 1.82) is 0 Å². The van der Waals surface area contributed by atoms with Gasteiger partial charge in [0.15, 0.2) is 0 Å². The van der Waals surface area contributed by atoms with E-state index in [1.54, 1.807) is 0 Å². The molecule has 0 radical (unpaired) electrons. The van der Waals surface area contributed by atoms with Gasteiger partial charge >= 0.3 is 0 Å². The van der Waals surface area contributed by atoms with Gasteiger partial charge in [0.1, 0.15) is 10.5 Å². The van der Waals surface area contributed by atoms with E-state index in [9.17, 15) is 0 Å². The Morgan fingerprint density at radius 3 is 2.61 bits per heavy atom. The minimum Gasteiger partial charge on any atom is -0.423 e. The van der Waals surface area contributed by atoms with Crippen molar-refractivity contribution in [2.24, 2.45) is 5.92 Å². The Kier molecular flexibility index (Phi) is 5.28. The fourth-order valence-corrected chi connectivity index (χ4v) is 3.39. The van der Waals surface area contributed by atoms with E-state index in [1.165, 1.54) is 57.8 Å². The Morgan fingerprint density at radius 1 is 1.11 bits per heavy atom. The number of fused-ring (bicyclic) bond motifs is 1. The summed E-state index contributed by atoms with van der Waals surface area (Å²) in [6.45, 7) is 4.43. The highest BCUT2D eigenvalue weighted by atomic mass is 28.2. The van der Waals surface area contributed by atoms with E-state index in [1.807, 2.05) is 0 Å². The van der Waals surface area contributed by atoms with E-state index in [2.05, 4.69) is 13.8 Å². The van der Waals surface area contributed by atoms with Crippen LogP contribution in [-0.2, 0) is 9.16 Å². The van der Waals surface area contributed by atoms with Gasteiger partial charge in [-0.05, 0) is 45.4 Å². The monoisotopic (exact) mass is 270 g/mol. The summed E-state index contributed by atoms with van der Waals surface area (Å²) in [6.07, 6.45) is 13.6. The molecule has 3 atom stereocenters. The average molecular weight is 270 g/mol. The van der Waals surface area contributed by atoms with E-state index >= 15 is 0 Å². The van der Waals surface area contributed by atoms with Crippen LogP contribution < -0.4 is 0 Å². The lowest BCUT2D eigenvalue weighted by Crippen LogP contribution is -2.22. The molecule has 2 fully saturated rings. The van der Waals surface area contributed by atoms with E-state index in [-0.39, 0.29) is 5.60 Å². The second kappa shape index (κ2) is 6.53. The van der Waals surface area contributed by atoms with E-state index in [4.69, 9.17) is 9.16 Å². The van der Waals surface area contributed by atoms with Gasteiger partial charge in [-0.15, -0.1) is 0 Å². The maximum atomic E-state index is 5.59. The molecule has 2 aliphatic rings. The Morgan fingerprint density at radius 2 is 1.89 bits per heavy atom. The second-order valence-electron chi connectivity index (χ2n) is 6.81. The molecule has 1 saturated heterocycles. The summed E-state index contributed by atoms with van der Waals surface area (Å²) in [4.78, 5) is 0. The number of rotatable bonds is 8. The second-order valence-corrected chi connectivity index (χ2v) is 7.22. The summed E-state index contributed by atoms with van der Waals surface area (Å²) in [5.74, 6) is 0.968. The molecule has 0 amide bonds. The lowest BCUT2D eigenvalue weighted by molar-refractivity contribution is 0.109. The molecule has 1 aliphatic heterocycles. The van der Waals surface area contributed by atoms with Gasteiger partial charge in [0.05, 0.1) is 12.2 Å². The van der Waals surface area contributed by atoms with Crippen LogP contribution >= 0.6 is 0 Å². The molecular weight excluding hydrogens is 240 g/mol. The first-order chi connectivity index (χ1) is 8.61. The van der Waals surface area contributed by atoms with Crippen molar-refractivity contribution in [2.45, 2.75) is 89.4 Å². The van der Waals surface area contributed by atoms with E-state index in [0.717, 1.165) is 16.4 Å². The standard InChI is InChI=1S/C15H30O2Si/c1-15(2,17-18)10-6-4-3-5-7-12-8-9-13-14(11-12)16-13/h12-14H,3-11H2,1-2,18H3. The molecule has 106 valence electrons. The lowest BCUT2D eigenvalue weighted by atomic mass is 9.85. The minimum atomic E-state index is 0.133. The third kappa shape index (κ3) is 4.67. The maximum absolute atomic E-state index is 5.59. The smallest absolute Gasteiger partial charge is 0.146 e. The van der Waals surface area contributed by atoms with Crippen LogP contribution in [0.5, 0.6) is 0 Å². The molecule has 3 unspecified atom stereocenters. The lowest BCUT2D eigenvalue weighted by Gasteiger charge is -2.23. The SMILES string of the molecule is CC(C)(CCCCCCC1CCC2OC2C1)O[SiH3]. The summed E-state index contributed by atoms with van der Waals surface area (Å²) in [5.41, 5.74) is 0.133. The molecule has 1 saturated carbocycles. The molecule has 0 bridgehead atoms. The molecule has 2 nitrogen and oxygen atoms in total. The number of epoxide rings is 1. The van der Waals surface area contributed by atoms with Crippen LogP contribution in [0.4, 0.5) is 0 Å². The van der Waals surface area contributed by atoms with Gasteiger partial charge in [0.25, 0.3) is 0 Å². The predicted molar refractivity (Wildman–Crippen MR) is 78.8 cm³/mol. The van der Waals surface area contributed by atoms with Crippen LogP contribution in [0.3, 0.4) is 0 Å². The topological polar surface area (TPSA) is 21.8 Å². The Bertz CT molecular complexity index is 255. The van der Waals surface area contributed by atoms with E-state index in [0.29, 0.717) is 12.2 Å². The van der Waals surface area contributed by atoms with Crippen LogP contribution in [0.2, 0.25) is 0 Å². The third-order valence-corrected chi connectivity index (χ3v) is 5.91. The zero-order chi connectivity index (χ0) is 13.0. The van der Waals surface area contributed by atoms with Crippen molar-refractivity contribution in [2.75, 3.05) is 0 Å². The minimum absolute atomic E-state index is 0.133. The molecule has 0 aromatic carbocycles. The summed E-state index contributed by atoms with van der Waals surface area (Å²) < 4.78 is 11.2. The highest BCUT2D eigenvalue weighted by Crippen LogP contribution is 2.41. The Balaban J connectivity index is 1.44. The maximum Gasteiger partial charge on any atom is 0.146 e. The zero-order valence-electron chi connectivity index (χ0n) is 12.4. The Hall–Kier alpha value is 0.137. The largest absolute Gasteiger partial charge is 0.423 e. The first kappa shape index (κ1) is 14.5. The Labute approximate surface area is 115 Å².